The zero-order chi connectivity index (χ0) is 21.0. The summed E-state index contributed by atoms with van der Waals surface area (Å²) in [5.74, 6) is -0.171. The maximum atomic E-state index is 13.0. The number of nitrogens with zero attached hydrogens (tertiary/aromatic N) is 1. The molecular formula is C21H20Cl2N2O4. The molecule has 1 aliphatic rings. The van der Waals surface area contributed by atoms with Crippen LogP contribution in [-0.4, -0.2) is 43.6 Å². The number of carbonyl (C=O) groups excluding carboxylic acids is 2. The van der Waals surface area contributed by atoms with E-state index < -0.39 is 11.8 Å². The van der Waals surface area contributed by atoms with Crippen molar-refractivity contribution in [1.29, 1.82) is 0 Å². The highest BCUT2D eigenvalue weighted by atomic mass is 35.5. The molecule has 2 aromatic rings. The average Bonchev–Trinajstić information content (AvgIpc) is 2.92. The van der Waals surface area contributed by atoms with Crippen LogP contribution >= 0.6 is 23.2 Å². The lowest BCUT2D eigenvalue weighted by atomic mass is 10.0. The number of carbonyl (C=O) groups is 2. The van der Waals surface area contributed by atoms with Gasteiger partial charge >= 0.3 is 0 Å². The predicted octanol–water partition coefficient (Wildman–Crippen LogP) is 4.23. The van der Waals surface area contributed by atoms with Crippen LogP contribution in [0.2, 0.25) is 10.0 Å². The lowest BCUT2D eigenvalue weighted by Gasteiger charge is -2.14. The number of benzene rings is 2. The third-order valence-electron chi connectivity index (χ3n) is 4.32. The Morgan fingerprint density at radius 2 is 1.76 bits per heavy atom. The normalized spacial score (nSPS) is 14.0. The Balaban J connectivity index is 2.01. The summed E-state index contributed by atoms with van der Waals surface area (Å²) in [6, 6.07) is 11.9. The summed E-state index contributed by atoms with van der Waals surface area (Å²) in [6.45, 7) is 2.82. The second kappa shape index (κ2) is 9.31. The minimum atomic E-state index is -0.443. The zero-order valence-corrected chi connectivity index (χ0v) is 17.5. The topological polar surface area (TPSA) is 67.9 Å². The van der Waals surface area contributed by atoms with Gasteiger partial charge in [-0.2, -0.15) is 0 Å². The van der Waals surface area contributed by atoms with E-state index in [9.17, 15) is 9.59 Å². The molecular weight excluding hydrogens is 415 g/mol. The Labute approximate surface area is 179 Å². The molecule has 0 saturated carbocycles. The Morgan fingerprint density at radius 3 is 2.38 bits per heavy atom. The lowest BCUT2D eigenvalue weighted by molar-refractivity contribution is -0.137. The van der Waals surface area contributed by atoms with Gasteiger partial charge < -0.3 is 14.8 Å². The first kappa shape index (κ1) is 21.2. The van der Waals surface area contributed by atoms with Crippen molar-refractivity contribution in [2.75, 3.05) is 32.2 Å². The summed E-state index contributed by atoms with van der Waals surface area (Å²) < 4.78 is 10.5. The number of halogens is 2. The fourth-order valence-electron chi connectivity index (χ4n) is 2.97. The summed E-state index contributed by atoms with van der Waals surface area (Å²) in [4.78, 5) is 27.2. The highest BCUT2D eigenvalue weighted by Gasteiger charge is 2.39. The van der Waals surface area contributed by atoms with Crippen LogP contribution in [-0.2, 0) is 14.3 Å². The fraction of sp³-hybridized carbons (Fsp3) is 0.238. The molecule has 3 rings (SSSR count). The van der Waals surface area contributed by atoms with Gasteiger partial charge in [0.25, 0.3) is 11.8 Å². The first-order valence-corrected chi connectivity index (χ1v) is 9.76. The van der Waals surface area contributed by atoms with E-state index in [4.69, 9.17) is 32.7 Å². The predicted molar refractivity (Wildman–Crippen MR) is 113 cm³/mol. The summed E-state index contributed by atoms with van der Waals surface area (Å²) in [6.07, 6.45) is 0. The van der Waals surface area contributed by atoms with Gasteiger partial charge in [-0.05, 0) is 43.3 Å². The number of hydrogen-bond donors (Lipinski definition) is 1. The van der Waals surface area contributed by atoms with Gasteiger partial charge in [-0.25, -0.2) is 0 Å². The van der Waals surface area contributed by atoms with Crippen LogP contribution < -0.4 is 10.1 Å². The van der Waals surface area contributed by atoms with Crippen molar-refractivity contribution in [3.05, 3.63) is 63.8 Å². The first-order chi connectivity index (χ1) is 14.0. The Bertz CT molecular complexity index is 958. The van der Waals surface area contributed by atoms with Gasteiger partial charge in [-0.1, -0.05) is 29.3 Å². The van der Waals surface area contributed by atoms with Crippen molar-refractivity contribution >= 4 is 46.3 Å². The van der Waals surface area contributed by atoms with Crippen molar-refractivity contribution in [2.45, 2.75) is 6.92 Å². The highest BCUT2D eigenvalue weighted by Crippen LogP contribution is 2.35. The first-order valence-electron chi connectivity index (χ1n) is 9.01. The van der Waals surface area contributed by atoms with E-state index in [-0.39, 0.29) is 29.4 Å². The zero-order valence-electron chi connectivity index (χ0n) is 16.0. The minimum Gasteiger partial charge on any atom is -0.494 e. The van der Waals surface area contributed by atoms with Crippen molar-refractivity contribution in [1.82, 2.24) is 4.90 Å². The van der Waals surface area contributed by atoms with E-state index in [1.54, 1.807) is 36.4 Å². The summed E-state index contributed by atoms with van der Waals surface area (Å²) in [5.41, 5.74) is 1.42. The highest BCUT2D eigenvalue weighted by molar-refractivity contribution is 6.41. The van der Waals surface area contributed by atoms with Crippen molar-refractivity contribution in [3.63, 3.8) is 0 Å². The average molecular weight is 435 g/mol. The molecule has 0 aliphatic carbocycles. The monoisotopic (exact) mass is 434 g/mol. The molecule has 0 aromatic heterocycles. The van der Waals surface area contributed by atoms with E-state index in [2.05, 4.69) is 5.32 Å². The molecule has 0 spiro atoms. The van der Waals surface area contributed by atoms with Gasteiger partial charge in [0, 0.05) is 23.4 Å². The summed E-state index contributed by atoms with van der Waals surface area (Å²) in [7, 11) is 1.51. The number of nitrogens with one attached hydrogen (secondary N) is 1. The Kier molecular flexibility index (Phi) is 6.79. The van der Waals surface area contributed by atoms with E-state index >= 15 is 0 Å². The Hall–Kier alpha value is -2.54. The van der Waals surface area contributed by atoms with Crippen LogP contribution in [0.4, 0.5) is 5.69 Å². The van der Waals surface area contributed by atoms with Crippen molar-refractivity contribution in [3.8, 4) is 5.75 Å². The molecule has 29 heavy (non-hydrogen) atoms. The standard InChI is InChI=1S/C21H20Cl2N2O4/c1-3-29-15-7-5-14(6-8-15)24-19-18(16-9-4-13(22)12-17(16)23)20(26)25(21(19)27)10-11-28-2/h4-9,12,24H,3,10-11H2,1-2H3. The summed E-state index contributed by atoms with van der Waals surface area (Å²) >= 11 is 12.3. The van der Waals surface area contributed by atoms with Crippen LogP contribution in [0, 0.1) is 0 Å². The number of anilines is 1. The van der Waals surface area contributed by atoms with Crippen molar-refractivity contribution in [2.24, 2.45) is 0 Å². The maximum Gasteiger partial charge on any atom is 0.278 e. The molecule has 1 aliphatic heterocycles. The van der Waals surface area contributed by atoms with Crippen LogP contribution in [0.3, 0.4) is 0 Å². The van der Waals surface area contributed by atoms with E-state index in [1.807, 2.05) is 6.92 Å². The minimum absolute atomic E-state index is 0.136. The molecule has 0 radical (unpaired) electrons. The quantitative estimate of drug-likeness (QED) is 0.629. The number of methoxy groups -OCH3 is 1. The molecule has 8 heteroatoms. The van der Waals surface area contributed by atoms with Crippen LogP contribution in [0.25, 0.3) is 5.57 Å². The Morgan fingerprint density at radius 1 is 1.03 bits per heavy atom. The number of ether oxygens (including phenoxy) is 2. The third kappa shape index (κ3) is 4.56. The molecule has 2 aromatic carbocycles. The number of imide groups is 1. The largest absolute Gasteiger partial charge is 0.494 e. The molecule has 152 valence electrons. The van der Waals surface area contributed by atoms with Crippen LogP contribution in [0.15, 0.2) is 48.2 Å². The fourth-order valence-corrected chi connectivity index (χ4v) is 3.47. The van der Waals surface area contributed by atoms with E-state index in [1.165, 1.54) is 13.2 Å². The molecule has 1 heterocycles. The smallest absolute Gasteiger partial charge is 0.278 e. The van der Waals surface area contributed by atoms with Crippen LogP contribution in [0.5, 0.6) is 5.75 Å². The number of hydrogen-bond acceptors (Lipinski definition) is 5. The second-order valence-electron chi connectivity index (χ2n) is 6.21. The van der Waals surface area contributed by atoms with Gasteiger partial charge in [0.2, 0.25) is 0 Å². The molecule has 2 amide bonds. The second-order valence-corrected chi connectivity index (χ2v) is 7.05. The van der Waals surface area contributed by atoms with E-state index in [0.29, 0.717) is 28.6 Å². The molecule has 0 unspecified atom stereocenters. The van der Waals surface area contributed by atoms with Gasteiger partial charge in [-0.15, -0.1) is 0 Å². The molecule has 0 fully saturated rings. The van der Waals surface area contributed by atoms with Crippen molar-refractivity contribution < 1.29 is 19.1 Å². The molecule has 1 N–H and O–H groups in total. The molecule has 6 nitrogen and oxygen atoms in total. The molecule has 0 bridgehead atoms. The molecule has 0 saturated heterocycles. The van der Waals surface area contributed by atoms with Gasteiger partial charge in [0.1, 0.15) is 11.4 Å². The third-order valence-corrected chi connectivity index (χ3v) is 4.87. The summed E-state index contributed by atoms with van der Waals surface area (Å²) in [5, 5.41) is 3.79. The van der Waals surface area contributed by atoms with Gasteiger partial charge in [-0.3, -0.25) is 14.5 Å². The van der Waals surface area contributed by atoms with Gasteiger partial charge in [0.15, 0.2) is 0 Å². The number of rotatable bonds is 8. The van der Waals surface area contributed by atoms with E-state index in [0.717, 1.165) is 4.90 Å². The SMILES string of the molecule is CCOc1ccc(NC2=C(c3ccc(Cl)cc3Cl)C(=O)N(CCOC)C2=O)cc1. The lowest BCUT2D eigenvalue weighted by Crippen LogP contribution is -2.35. The van der Waals surface area contributed by atoms with Gasteiger partial charge in [0.05, 0.1) is 30.4 Å². The van der Waals surface area contributed by atoms with Crippen LogP contribution in [0.1, 0.15) is 12.5 Å². The maximum absolute atomic E-state index is 13.0. The molecule has 0 atom stereocenters. The number of amides is 2.